The standard InChI is InChI=1S/C14H20O4/c1-9(2)18-11-7-5-6-10(15)13(11)14(3,4)8-12(16)17/h5-7,9,15H,8H2,1-4H3,(H,16,17). The van der Waals surface area contributed by atoms with E-state index in [1.165, 1.54) is 0 Å². The lowest BCUT2D eigenvalue weighted by molar-refractivity contribution is -0.138. The number of carboxylic acid groups (broad SMARTS) is 1. The van der Waals surface area contributed by atoms with Gasteiger partial charge in [-0.3, -0.25) is 4.79 Å². The summed E-state index contributed by atoms with van der Waals surface area (Å²) in [5.74, 6) is -0.297. The molecular formula is C14H20O4. The molecule has 0 atom stereocenters. The fourth-order valence-electron chi connectivity index (χ4n) is 2.02. The lowest BCUT2D eigenvalue weighted by Gasteiger charge is -2.27. The Bertz CT molecular complexity index is 435. The molecule has 0 fully saturated rings. The van der Waals surface area contributed by atoms with E-state index < -0.39 is 11.4 Å². The highest BCUT2D eigenvalue weighted by Gasteiger charge is 2.30. The summed E-state index contributed by atoms with van der Waals surface area (Å²) in [5.41, 5.74) is -0.150. The molecule has 4 nitrogen and oxygen atoms in total. The minimum atomic E-state index is -0.904. The van der Waals surface area contributed by atoms with Gasteiger partial charge < -0.3 is 14.9 Å². The zero-order chi connectivity index (χ0) is 13.9. The van der Waals surface area contributed by atoms with Gasteiger partial charge in [0.2, 0.25) is 0 Å². The first-order valence-corrected chi connectivity index (χ1v) is 5.95. The van der Waals surface area contributed by atoms with E-state index in [0.717, 1.165) is 0 Å². The van der Waals surface area contributed by atoms with Crippen LogP contribution in [0.25, 0.3) is 0 Å². The first-order valence-electron chi connectivity index (χ1n) is 5.95. The van der Waals surface area contributed by atoms with Gasteiger partial charge in [-0.1, -0.05) is 19.9 Å². The van der Waals surface area contributed by atoms with Crippen LogP contribution in [0, 0.1) is 0 Å². The molecule has 0 aromatic heterocycles. The van der Waals surface area contributed by atoms with Crippen LogP contribution in [0.2, 0.25) is 0 Å². The summed E-state index contributed by atoms with van der Waals surface area (Å²) in [6, 6.07) is 4.98. The number of aromatic hydroxyl groups is 1. The molecule has 0 bridgehead atoms. The van der Waals surface area contributed by atoms with Crippen molar-refractivity contribution < 1.29 is 19.7 Å². The van der Waals surface area contributed by atoms with Crippen LogP contribution in [0.3, 0.4) is 0 Å². The first-order chi connectivity index (χ1) is 8.24. The van der Waals surface area contributed by atoms with E-state index in [1.54, 1.807) is 32.0 Å². The van der Waals surface area contributed by atoms with Crippen LogP contribution < -0.4 is 4.74 Å². The van der Waals surface area contributed by atoms with E-state index >= 15 is 0 Å². The Labute approximate surface area is 107 Å². The van der Waals surface area contributed by atoms with E-state index in [-0.39, 0.29) is 18.3 Å². The molecule has 0 heterocycles. The molecule has 18 heavy (non-hydrogen) atoms. The van der Waals surface area contributed by atoms with Gasteiger partial charge in [0.1, 0.15) is 11.5 Å². The fourth-order valence-corrected chi connectivity index (χ4v) is 2.02. The number of carbonyl (C=O) groups is 1. The maximum absolute atomic E-state index is 10.9. The number of ether oxygens (including phenoxy) is 1. The second kappa shape index (κ2) is 5.29. The maximum atomic E-state index is 10.9. The molecular weight excluding hydrogens is 232 g/mol. The van der Waals surface area contributed by atoms with Gasteiger partial charge >= 0.3 is 5.97 Å². The molecule has 1 aromatic rings. The third-order valence-corrected chi connectivity index (χ3v) is 2.64. The van der Waals surface area contributed by atoms with Crippen molar-refractivity contribution in [1.29, 1.82) is 0 Å². The zero-order valence-electron chi connectivity index (χ0n) is 11.2. The molecule has 1 aromatic carbocycles. The van der Waals surface area contributed by atoms with Crippen LogP contribution in [0.1, 0.15) is 39.7 Å². The summed E-state index contributed by atoms with van der Waals surface area (Å²) in [6.45, 7) is 7.34. The summed E-state index contributed by atoms with van der Waals surface area (Å²) in [6.07, 6.45) is -0.106. The number of carboxylic acids is 1. The van der Waals surface area contributed by atoms with Crippen molar-refractivity contribution in [3.05, 3.63) is 23.8 Å². The van der Waals surface area contributed by atoms with Gasteiger partial charge in [-0.25, -0.2) is 0 Å². The number of hydrogen-bond acceptors (Lipinski definition) is 3. The number of rotatable bonds is 5. The molecule has 2 N–H and O–H groups in total. The Morgan fingerprint density at radius 2 is 2.00 bits per heavy atom. The highest BCUT2D eigenvalue weighted by atomic mass is 16.5. The van der Waals surface area contributed by atoms with Crippen molar-refractivity contribution in [3.8, 4) is 11.5 Å². The number of phenolic OH excluding ortho intramolecular Hbond substituents is 1. The number of hydrogen-bond donors (Lipinski definition) is 2. The molecule has 0 unspecified atom stereocenters. The average molecular weight is 252 g/mol. The molecule has 100 valence electrons. The number of aliphatic carboxylic acids is 1. The summed E-state index contributed by atoms with van der Waals surface area (Å²) in [5, 5.41) is 18.9. The van der Waals surface area contributed by atoms with Crippen LogP contribution in [0.4, 0.5) is 0 Å². The predicted octanol–water partition coefficient (Wildman–Crippen LogP) is 2.93. The van der Waals surface area contributed by atoms with Crippen molar-refractivity contribution in [3.63, 3.8) is 0 Å². The normalized spacial score (nSPS) is 11.6. The van der Waals surface area contributed by atoms with Crippen LogP contribution in [0.15, 0.2) is 18.2 Å². The van der Waals surface area contributed by atoms with Crippen molar-refractivity contribution in [2.75, 3.05) is 0 Å². The Morgan fingerprint density at radius 1 is 1.39 bits per heavy atom. The summed E-state index contributed by atoms with van der Waals surface area (Å²) >= 11 is 0. The Hall–Kier alpha value is -1.71. The van der Waals surface area contributed by atoms with Crippen molar-refractivity contribution >= 4 is 5.97 Å². The Morgan fingerprint density at radius 3 is 2.50 bits per heavy atom. The zero-order valence-corrected chi connectivity index (χ0v) is 11.2. The third-order valence-electron chi connectivity index (χ3n) is 2.64. The minimum Gasteiger partial charge on any atom is -0.508 e. The number of benzene rings is 1. The third kappa shape index (κ3) is 3.39. The van der Waals surface area contributed by atoms with Crippen molar-refractivity contribution in [2.24, 2.45) is 0 Å². The van der Waals surface area contributed by atoms with E-state index in [0.29, 0.717) is 11.3 Å². The lowest BCUT2D eigenvalue weighted by atomic mass is 9.80. The van der Waals surface area contributed by atoms with Gasteiger partial charge in [0.05, 0.1) is 12.5 Å². The summed E-state index contributed by atoms with van der Waals surface area (Å²) in [7, 11) is 0. The molecule has 0 spiro atoms. The van der Waals surface area contributed by atoms with E-state index in [1.807, 2.05) is 13.8 Å². The average Bonchev–Trinajstić information content (AvgIpc) is 2.13. The first kappa shape index (κ1) is 14.4. The van der Waals surface area contributed by atoms with Gasteiger partial charge in [0.15, 0.2) is 0 Å². The predicted molar refractivity (Wildman–Crippen MR) is 69.1 cm³/mol. The van der Waals surface area contributed by atoms with Gasteiger partial charge in [-0.15, -0.1) is 0 Å². The molecule has 0 aliphatic rings. The van der Waals surface area contributed by atoms with Crippen LogP contribution in [-0.4, -0.2) is 22.3 Å². The van der Waals surface area contributed by atoms with Gasteiger partial charge in [0, 0.05) is 11.0 Å². The largest absolute Gasteiger partial charge is 0.508 e. The smallest absolute Gasteiger partial charge is 0.304 e. The van der Waals surface area contributed by atoms with E-state index in [2.05, 4.69) is 0 Å². The molecule has 0 aliphatic heterocycles. The maximum Gasteiger partial charge on any atom is 0.304 e. The van der Waals surface area contributed by atoms with Gasteiger partial charge in [-0.2, -0.15) is 0 Å². The second-order valence-electron chi connectivity index (χ2n) is 5.27. The molecule has 1 rings (SSSR count). The monoisotopic (exact) mass is 252 g/mol. The molecule has 4 heteroatoms. The van der Waals surface area contributed by atoms with E-state index in [4.69, 9.17) is 9.84 Å². The highest BCUT2D eigenvalue weighted by Crippen LogP contribution is 2.40. The van der Waals surface area contributed by atoms with Gasteiger partial charge in [-0.05, 0) is 26.0 Å². The van der Waals surface area contributed by atoms with Crippen molar-refractivity contribution in [1.82, 2.24) is 0 Å². The van der Waals surface area contributed by atoms with Gasteiger partial charge in [0.25, 0.3) is 0 Å². The topological polar surface area (TPSA) is 66.8 Å². The van der Waals surface area contributed by atoms with Crippen LogP contribution in [0.5, 0.6) is 11.5 Å². The highest BCUT2D eigenvalue weighted by molar-refractivity contribution is 5.70. The Balaban J connectivity index is 3.24. The molecule has 0 aliphatic carbocycles. The SMILES string of the molecule is CC(C)Oc1cccc(O)c1C(C)(C)CC(=O)O. The summed E-state index contributed by atoms with van der Waals surface area (Å²) in [4.78, 5) is 10.9. The summed E-state index contributed by atoms with van der Waals surface area (Å²) < 4.78 is 5.64. The quantitative estimate of drug-likeness (QED) is 0.845. The number of phenols is 1. The molecule has 0 amide bonds. The van der Waals surface area contributed by atoms with Crippen LogP contribution in [-0.2, 0) is 10.2 Å². The molecule has 0 saturated heterocycles. The van der Waals surface area contributed by atoms with Crippen molar-refractivity contribution in [2.45, 2.75) is 45.6 Å². The fraction of sp³-hybridized carbons (Fsp3) is 0.500. The van der Waals surface area contributed by atoms with Crippen LogP contribution >= 0.6 is 0 Å². The second-order valence-corrected chi connectivity index (χ2v) is 5.27. The molecule has 0 radical (unpaired) electrons. The minimum absolute atomic E-state index is 0.0359. The molecule has 0 saturated carbocycles. The lowest BCUT2D eigenvalue weighted by Crippen LogP contribution is -2.23. The van der Waals surface area contributed by atoms with E-state index in [9.17, 15) is 9.90 Å². The Kier molecular flexibility index (Phi) is 4.22.